The van der Waals surface area contributed by atoms with Gasteiger partial charge in [-0.2, -0.15) is 0 Å². The fourth-order valence-corrected chi connectivity index (χ4v) is 1.19. The largest absolute Gasteiger partial charge is 0.380 e. The molecule has 80 valence electrons. The quantitative estimate of drug-likeness (QED) is 0.704. The second kappa shape index (κ2) is 7.83. The van der Waals surface area contributed by atoms with Crippen LogP contribution in [0.4, 0.5) is 0 Å². The first-order chi connectivity index (χ1) is 6.36. The number of hydrogen-bond donors (Lipinski definition) is 0. The zero-order valence-electron chi connectivity index (χ0n) is 8.61. The fraction of sp³-hybridized carbons (Fsp3) is 0.455. The highest BCUT2D eigenvalue weighted by atomic mass is 79.9. The summed E-state index contributed by atoms with van der Waals surface area (Å²) in [6.07, 6.45) is 8.20. The number of ether oxygens (including phenoxy) is 1. The van der Waals surface area contributed by atoms with Crippen LogP contribution in [-0.4, -0.2) is 31.2 Å². The van der Waals surface area contributed by atoms with Gasteiger partial charge in [0.2, 0.25) is 0 Å². The summed E-state index contributed by atoms with van der Waals surface area (Å²) in [5, 5.41) is 0. The third kappa shape index (κ3) is 4.63. The smallest absolute Gasteiger partial charge is 0.0641 e. The summed E-state index contributed by atoms with van der Waals surface area (Å²) in [6.45, 7) is 9.27. The topological polar surface area (TPSA) is 12.5 Å². The van der Waals surface area contributed by atoms with Crippen molar-refractivity contribution in [2.24, 2.45) is 0 Å². The SMILES string of the molecule is Br.C=CC1=CCN(CCOCC)C=C1. The minimum Gasteiger partial charge on any atom is -0.380 e. The van der Waals surface area contributed by atoms with Crippen molar-refractivity contribution in [3.63, 3.8) is 0 Å². The van der Waals surface area contributed by atoms with Gasteiger partial charge in [-0.15, -0.1) is 17.0 Å². The van der Waals surface area contributed by atoms with E-state index in [0.717, 1.165) is 26.3 Å². The minimum atomic E-state index is 0. The third-order valence-electron chi connectivity index (χ3n) is 2.00. The Labute approximate surface area is 96.7 Å². The molecule has 0 radical (unpaired) electrons. The Balaban J connectivity index is 0.00000169. The Kier molecular flexibility index (Phi) is 7.52. The molecule has 0 unspecified atom stereocenters. The van der Waals surface area contributed by atoms with Crippen molar-refractivity contribution < 1.29 is 4.74 Å². The van der Waals surface area contributed by atoms with E-state index in [2.05, 4.69) is 29.8 Å². The fourth-order valence-electron chi connectivity index (χ4n) is 1.19. The summed E-state index contributed by atoms with van der Waals surface area (Å²) in [5.41, 5.74) is 1.20. The van der Waals surface area contributed by atoms with E-state index in [-0.39, 0.29) is 17.0 Å². The van der Waals surface area contributed by atoms with Crippen LogP contribution in [0.25, 0.3) is 0 Å². The Morgan fingerprint density at radius 1 is 1.64 bits per heavy atom. The maximum Gasteiger partial charge on any atom is 0.0641 e. The number of allylic oxidation sites excluding steroid dienone is 3. The molecule has 1 heterocycles. The van der Waals surface area contributed by atoms with Gasteiger partial charge >= 0.3 is 0 Å². The lowest BCUT2D eigenvalue weighted by molar-refractivity contribution is 0.130. The predicted molar refractivity (Wildman–Crippen MR) is 65.8 cm³/mol. The maximum atomic E-state index is 5.27. The first-order valence-electron chi connectivity index (χ1n) is 4.69. The molecular formula is C11H18BrNO. The Hall–Kier alpha value is -0.540. The molecule has 0 saturated heterocycles. The molecule has 1 aliphatic rings. The Morgan fingerprint density at radius 3 is 2.93 bits per heavy atom. The lowest BCUT2D eigenvalue weighted by Crippen LogP contribution is -2.24. The van der Waals surface area contributed by atoms with Crippen LogP contribution in [0.3, 0.4) is 0 Å². The summed E-state index contributed by atoms with van der Waals surface area (Å²) in [4.78, 5) is 2.22. The van der Waals surface area contributed by atoms with Crippen molar-refractivity contribution in [1.82, 2.24) is 4.90 Å². The van der Waals surface area contributed by atoms with Gasteiger partial charge < -0.3 is 9.64 Å². The van der Waals surface area contributed by atoms with Crippen LogP contribution < -0.4 is 0 Å². The van der Waals surface area contributed by atoms with Crippen LogP contribution in [0.5, 0.6) is 0 Å². The maximum absolute atomic E-state index is 5.27. The van der Waals surface area contributed by atoms with Gasteiger partial charge in [-0.3, -0.25) is 0 Å². The molecule has 0 N–H and O–H groups in total. The number of rotatable bonds is 5. The zero-order valence-corrected chi connectivity index (χ0v) is 10.3. The molecule has 0 aromatic rings. The van der Waals surface area contributed by atoms with Gasteiger partial charge in [0.1, 0.15) is 0 Å². The molecule has 1 rings (SSSR count). The molecule has 0 aromatic heterocycles. The van der Waals surface area contributed by atoms with Crippen LogP contribution in [-0.2, 0) is 4.74 Å². The molecular weight excluding hydrogens is 242 g/mol. The van der Waals surface area contributed by atoms with Crippen molar-refractivity contribution in [3.05, 3.63) is 36.6 Å². The van der Waals surface area contributed by atoms with Gasteiger partial charge in [-0.25, -0.2) is 0 Å². The lowest BCUT2D eigenvalue weighted by Gasteiger charge is -2.21. The van der Waals surface area contributed by atoms with Crippen molar-refractivity contribution in [3.8, 4) is 0 Å². The molecule has 2 nitrogen and oxygen atoms in total. The standard InChI is InChI=1S/C11H17NO.BrH/c1-3-11-5-7-12(8-6-11)9-10-13-4-2;/h3,5-7H,1,4,8-10H2,2H3;1H. The highest BCUT2D eigenvalue weighted by Gasteiger charge is 2.01. The van der Waals surface area contributed by atoms with E-state index in [9.17, 15) is 0 Å². The van der Waals surface area contributed by atoms with Crippen molar-refractivity contribution in [2.75, 3.05) is 26.3 Å². The molecule has 3 heteroatoms. The first-order valence-corrected chi connectivity index (χ1v) is 4.69. The normalized spacial score (nSPS) is 14.6. The zero-order chi connectivity index (χ0) is 9.52. The second-order valence-corrected chi connectivity index (χ2v) is 2.92. The molecule has 0 aliphatic carbocycles. The minimum absolute atomic E-state index is 0. The lowest BCUT2D eigenvalue weighted by atomic mass is 10.2. The predicted octanol–water partition coefficient (Wildman–Crippen LogP) is 2.54. The molecule has 0 atom stereocenters. The number of hydrogen-bond acceptors (Lipinski definition) is 2. The van der Waals surface area contributed by atoms with Crippen molar-refractivity contribution >= 4 is 17.0 Å². The Bertz CT molecular complexity index is 223. The van der Waals surface area contributed by atoms with Gasteiger partial charge in [-0.05, 0) is 18.6 Å². The molecule has 0 bridgehead atoms. The highest BCUT2D eigenvalue weighted by Crippen LogP contribution is 2.06. The second-order valence-electron chi connectivity index (χ2n) is 2.92. The average Bonchev–Trinajstić information content (AvgIpc) is 2.19. The molecule has 0 amide bonds. The summed E-state index contributed by atoms with van der Waals surface area (Å²) in [7, 11) is 0. The van der Waals surface area contributed by atoms with Crippen LogP contribution >= 0.6 is 17.0 Å². The van der Waals surface area contributed by atoms with Crippen molar-refractivity contribution in [2.45, 2.75) is 6.92 Å². The van der Waals surface area contributed by atoms with Gasteiger partial charge in [-0.1, -0.05) is 18.7 Å². The summed E-state index contributed by atoms with van der Waals surface area (Å²) in [5.74, 6) is 0. The van der Waals surface area contributed by atoms with Gasteiger partial charge in [0, 0.05) is 25.9 Å². The summed E-state index contributed by atoms with van der Waals surface area (Å²) in [6, 6.07) is 0. The molecule has 14 heavy (non-hydrogen) atoms. The summed E-state index contributed by atoms with van der Waals surface area (Å²) < 4.78 is 5.27. The van der Waals surface area contributed by atoms with Gasteiger partial charge in [0.15, 0.2) is 0 Å². The third-order valence-corrected chi connectivity index (χ3v) is 2.00. The average molecular weight is 260 g/mol. The van der Waals surface area contributed by atoms with E-state index in [1.807, 2.05) is 13.0 Å². The monoisotopic (exact) mass is 259 g/mol. The number of halogens is 1. The van der Waals surface area contributed by atoms with E-state index >= 15 is 0 Å². The van der Waals surface area contributed by atoms with E-state index in [0.29, 0.717) is 0 Å². The van der Waals surface area contributed by atoms with Crippen LogP contribution in [0.2, 0.25) is 0 Å². The molecule has 0 spiro atoms. The molecule has 0 aromatic carbocycles. The first kappa shape index (κ1) is 13.5. The van der Waals surface area contributed by atoms with E-state index < -0.39 is 0 Å². The van der Waals surface area contributed by atoms with E-state index in [4.69, 9.17) is 4.74 Å². The summed E-state index contributed by atoms with van der Waals surface area (Å²) >= 11 is 0. The Morgan fingerprint density at radius 2 is 2.43 bits per heavy atom. The van der Waals surface area contributed by atoms with Gasteiger partial charge in [0.05, 0.1) is 6.61 Å². The van der Waals surface area contributed by atoms with E-state index in [1.54, 1.807) is 0 Å². The van der Waals surface area contributed by atoms with E-state index in [1.165, 1.54) is 5.57 Å². The van der Waals surface area contributed by atoms with Crippen LogP contribution in [0.15, 0.2) is 36.6 Å². The van der Waals surface area contributed by atoms with Gasteiger partial charge in [0.25, 0.3) is 0 Å². The number of nitrogens with zero attached hydrogens (tertiary/aromatic N) is 1. The molecule has 1 aliphatic heterocycles. The highest BCUT2D eigenvalue weighted by molar-refractivity contribution is 8.93. The molecule has 0 fully saturated rings. The van der Waals surface area contributed by atoms with Crippen LogP contribution in [0, 0.1) is 0 Å². The van der Waals surface area contributed by atoms with Crippen LogP contribution in [0.1, 0.15) is 6.92 Å². The van der Waals surface area contributed by atoms with Crippen molar-refractivity contribution in [1.29, 1.82) is 0 Å². The molecule has 0 saturated carbocycles.